The molecule has 0 aliphatic carbocycles. The Morgan fingerprint density at radius 2 is 1.65 bits per heavy atom. The second kappa shape index (κ2) is 7.63. The van der Waals surface area contributed by atoms with E-state index in [-0.39, 0.29) is 18.3 Å². The van der Waals surface area contributed by atoms with Gasteiger partial charge < -0.3 is 15.0 Å². The summed E-state index contributed by atoms with van der Waals surface area (Å²) in [6.45, 7) is 0.861. The summed E-state index contributed by atoms with van der Waals surface area (Å²) in [6.07, 6.45) is -0.485. The fourth-order valence-electron chi connectivity index (χ4n) is 4.68. The number of rotatable bonds is 3. The molecule has 1 spiro atoms. The van der Waals surface area contributed by atoms with Gasteiger partial charge in [-0.25, -0.2) is 13.6 Å². The fraction of sp³-hybridized carbons (Fsp3) is 0.154. The number of hydrogen-bond acceptors (Lipinski definition) is 4. The van der Waals surface area contributed by atoms with Crippen LogP contribution in [0.3, 0.4) is 0 Å². The predicted molar refractivity (Wildman–Crippen MR) is 126 cm³/mol. The molecular weight excluding hydrogens is 458 g/mol. The number of amides is 2. The smallest absolute Gasteiger partial charge is 0.407 e. The van der Waals surface area contributed by atoms with Gasteiger partial charge in [-0.3, -0.25) is 4.79 Å². The monoisotopic (exact) mass is 476 g/mol. The van der Waals surface area contributed by atoms with Gasteiger partial charge in [-0.05, 0) is 23.8 Å². The van der Waals surface area contributed by atoms with Gasteiger partial charge in [0, 0.05) is 39.9 Å². The molecule has 5 nitrogen and oxygen atoms in total. The van der Waals surface area contributed by atoms with Crippen LogP contribution in [-0.2, 0) is 4.74 Å². The minimum absolute atomic E-state index is 0.216. The van der Waals surface area contributed by atoms with Gasteiger partial charge in [0.15, 0.2) is 0 Å². The zero-order valence-electron chi connectivity index (χ0n) is 17.8. The first-order valence-electron chi connectivity index (χ1n) is 10.7. The second-order valence-corrected chi connectivity index (χ2v) is 9.67. The minimum Gasteiger partial charge on any atom is -0.447 e. The van der Waals surface area contributed by atoms with Gasteiger partial charge in [0.25, 0.3) is 5.91 Å². The van der Waals surface area contributed by atoms with E-state index in [2.05, 4.69) is 5.32 Å². The predicted octanol–water partition coefficient (Wildman–Crippen LogP) is 5.45. The Hall–Kier alpha value is -3.78. The maximum Gasteiger partial charge on any atom is 0.407 e. The van der Waals surface area contributed by atoms with Gasteiger partial charge in [0.1, 0.15) is 28.7 Å². The minimum atomic E-state index is -0.556. The molecule has 0 radical (unpaired) electrons. The van der Waals surface area contributed by atoms with Gasteiger partial charge in [0.2, 0.25) is 0 Å². The topological polar surface area (TPSA) is 58.6 Å². The Kier molecular flexibility index (Phi) is 4.67. The Morgan fingerprint density at radius 3 is 2.29 bits per heavy atom. The SMILES string of the molecule is O=C1NC2(CO1)CN(C(=O)c1sc3cc(-c4ccccc4F)ccc3c1-c1ccccc1F)C2. The number of nitrogens with zero attached hydrogens (tertiary/aromatic N) is 1. The first kappa shape index (κ1) is 20.8. The Morgan fingerprint density at radius 1 is 0.971 bits per heavy atom. The van der Waals surface area contributed by atoms with Crippen molar-refractivity contribution in [3.05, 3.63) is 83.2 Å². The average molecular weight is 477 g/mol. The van der Waals surface area contributed by atoms with Gasteiger partial charge in [0.05, 0.1) is 0 Å². The Balaban J connectivity index is 1.45. The molecule has 6 rings (SSSR count). The van der Waals surface area contributed by atoms with Crippen LogP contribution in [0.4, 0.5) is 13.6 Å². The highest BCUT2D eigenvalue weighted by molar-refractivity contribution is 7.21. The summed E-state index contributed by atoms with van der Waals surface area (Å²) >= 11 is 1.26. The maximum atomic E-state index is 14.9. The van der Waals surface area contributed by atoms with Crippen LogP contribution >= 0.6 is 11.3 Å². The number of nitrogens with one attached hydrogen (secondary N) is 1. The number of carbonyl (C=O) groups is 2. The summed E-state index contributed by atoms with van der Waals surface area (Å²) in [5.41, 5.74) is 1.44. The van der Waals surface area contributed by atoms with Crippen molar-refractivity contribution in [1.82, 2.24) is 10.2 Å². The van der Waals surface area contributed by atoms with Crippen LogP contribution < -0.4 is 5.32 Å². The van der Waals surface area contributed by atoms with Crippen molar-refractivity contribution >= 4 is 33.4 Å². The lowest BCUT2D eigenvalue weighted by Crippen LogP contribution is -2.69. The highest BCUT2D eigenvalue weighted by Gasteiger charge is 2.51. The number of cyclic esters (lactones) is 1. The first-order chi connectivity index (χ1) is 16.4. The van der Waals surface area contributed by atoms with E-state index in [0.29, 0.717) is 40.2 Å². The second-order valence-electron chi connectivity index (χ2n) is 8.62. The number of fused-ring (bicyclic) bond motifs is 1. The zero-order valence-corrected chi connectivity index (χ0v) is 18.6. The molecule has 2 aliphatic heterocycles. The van der Waals surface area contributed by atoms with Crippen LogP contribution in [0.25, 0.3) is 32.3 Å². The molecule has 34 heavy (non-hydrogen) atoms. The van der Waals surface area contributed by atoms with E-state index in [1.165, 1.54) is 23.5 Å². The Bertz CT molecular complexity index is 1480. The summed E-state index contributed by atoms with van der Waals surface area (Å²) in [5, 5.41) is 3.50. The number of alkyl carbamates (subject to hydrolysis) is 1. The molecule has 0 atom stereocenters. The third-order valence-electron chi connectivity index (χ3n) is 6.33. The van der Waals surface area contributed by atoms with E-state index in [0.717, 1.165) is 10.1 Å². The van der Waals surface area contributed by atoms with E-state index >= 15 is 0 Å². The summed E-state index contributed by atoms with van der Waals surface area (Å²) < 4.78 is 35.0. The lowest BCUT2D eigenvalue weighted by atomic mass is 9.90. The van der Waals surface area contributed by atoms with E-state index in [1.807, 2.05) is 12.1 Å². The Labute approximate surface area is 197 Å². The molecule has 1 aromatic heterocycles. The molecule has 3 heterocycles. The highest BCUT2D eigenvalue weighted by atomic mass is 32.1. The van der Waals surface area contributed by atoms with Gasteiger partial charge in [-0.1, -0.05) is 48.5 Å². The normalized spacial score (nSPS) is 16.4. The zero-order chi connectivity index (χ0) is 23.4. The van der Waals surface area contributed by atoms with Crippen molar-refractivity contribution in [3.63, 3.8) is 0 Å². The molecule has 8 heteroatoms. The summed E-state index contributed by atoms with van der Waals surface area (Å²) in [7, 11) is 0. The van der Waals surface area contributed by atoms with E-state index in [4.69, 9.17) is 4.74 Å². The number of ether oxygens (including phenoxy) is 1. The molecule has 0 bridgehead atoms. The quantitative estimate of drug-likeness (QED) is 0.428. The molecule has 2 amide bonds. The van der Waals surface area contributed by atoms with Gasteiger partial charge in [-0.2, -0.15) is 0 Å². The standard InChI is InChI=1S/C26H18F2N2O3S/c27-19-7-3-1-5-16(19)15-9-10-18-21(11-15)34-23(22(18)17-6-2-4-8-20(17)28)24(31)30-12-26(13-30)14-33-25(32)29-26/h1-11H,12-14H2,(H,29,32). The van der Waals surface area contributed by atoms with Crippen molar-refractivity contribution in [3.8, 4) is 22.3 Å². The van der Waals surface area contributed by atoms with Crippen LogP contribution in [0.1, 0.15) is 9.67 Å². The van der Waals surface area contributed by atoms with Crippen molar-refractivity contribution in [2.75, 3.05) is 19.7 Å². The molecule has 0 saturated carbocycles. The first-order valence-corrected chi connectivity index (χ1v) is 11.6. The molecule has 170 valence electrons. The molecular formula is C26H18F2N2O3S. The number of carbonyl (C=O) groups excluding carboxylic acids is 2. The van der Waals surface area contributed by atoms with Crippen molar-refractivity contribution in [2.45, 2.75) is 5.54 Å². The lowest BCUT2D eigenvalue weighted by Gasteiger charge is -2.45. The van der Waals surface area contributed by atoms with Crippen LogP contribution in [0.5, 0.6) is 0 Å². The van der Waals surface area contributed by atoms with Crippen LogP contribution in [-0.4, -0.2) is 42.1 Å². The van der Waals surface area contributed by atoms with E-state index in [1.54, 1.807) is 47.4 Å². The molecule has 2 saturated heterocycles. The summed E-state index contributed by atoms with van der Waals surface area (Å²) in [6, 6.07) is 18.3. The lowest BCUT2D eigenvalue weighted by molar-refractivity contribution is 0.0322. The third-order valence-corrected chi connectivity index (χ3v) is 7.47. The summed E-state index contributed by atoms with van der Waals surface area (Å²) in [4.78, 5) is 27.0. The summed E-state index contributed by atoms with van der Waals surface area (Å²) in [5.74, 6) is -1.000. The molecule has 4 aromatic rings. The molecule has 2 aliphatic rings. The van der Waals surface area contributed by atoms with Gasteiger partial charge in [-0.15, -0.1) is 11.3 Å². The maximum absolute atomic E-state index is 14.9. The van der Waals surface area contributed by atoms with Crippen LogP contribution in [0, 0.1) is 11.6 Å². The molecule has 0 unspecified atom stereocenters. The number of halogens is 2. The average Bonchev–Trinajstić information content (AvgIpc) is 3.39. The highest BCUT2D eigenvalue weighted by Crippen LogP contribution is 2.43. The van der Waals surface area contributed by atoms with Crippen molar-refractivity contribution in [2.24, 2.45) is 0 Å². The van der Waals surface area contributed by atoms with Crippen LogP contribution in [0.2, 0.25) is 0 Å². The van der Waals surface area contributed by atoms with E-state index in [9.17, 15) is 18.4 Å². The van der Waals surface area contributed by atoms with Crippen molar-refractivity contribution in [1.29, 1.82) is 0 Å². The number of thiophene rings is 1. The largest absolute Gasteiger partial charge is 0.447 e. The fourth-order valence-corrected chi connectivity index (χ4v) is 5.90. The number of likely N-dealkylation sites (tertiary alicyclic amines) is 1. The van der Waals surface area contributed by atoms with E-state index < -0.39 is 17.4 Å². The van der Waals surface area contributed by atoms with Crippen LogP contribution in [0.15, 0.2) is 66.7 Å². The molecule has 3 aromatic carbocycles. The number of hydrogen-bond donors (Lipinski definition) is 1. The van der Waals surface area contributed by atoms with Crippen molar-refractivity contribution < 1.29 is 23.1 Å². The molecule has 1 N–H and O–H groups in total. The third kappa shape index (κ3) is 3.25. The van der Waals surface area contributed by atoms with Gasteiger partial charge >= 0.3 is 6.09 Å². The molecule has 2 fully saturated rings. The number of benzene rings is 3.